The Balaban J connectivity index is 1.32. The Morgan fingerprint density at radius 2 is 1.78 bits per heavy atom. The van der Waals surface area contributed by atoms with Crippen LogP contribution in [0.4, 0.5) is 0 Å². The van der Waals surface area contributed by atoms with E-state index in [9.17, 15) is 9.59 Å². The van der Waals surface area contributed by atoms with Crippen LogP contribution in [0.3, 0.4) is 0 Å². The first kappa shape index (κ1) is 21.7. The summed E-state index contributed by atoms with van der Waals surface area (Å²) in [5.74, 6) is 1.14. The third kappa shape index (κ3) is 4.72. The molecule has 0 spiro atoms. The van der Waals surface area contributed by atoms with E-state index in [1.54, 1.807) is 38.5 Å². The molecule has 0 saturated heterocycles. The number of H-pyrrole nitrogens is 1. The minimum absolute atomic E-state index is 0.0000438. The normalized spacial score (nSPS) is 17.8. The van der Waals surface area contributed by atoms with E-state index in [4.69, 9.17) is 9.47 Å². The molecule has 32 heavy (non-hydrogen) atoms. The Morgan fingerprint density at radius 3 is 2.53 bits per heavy atom. The van der Waals surface area contributed by atoms with Gasteiger partial charge in [0.25, 0.3) is 5.91 Å². The summed E-state index contributed by atoms with van der Waals surface area (Å²) in [5, 5.41) is 7.21. The Labute approximate surface area is 187 Å². The first-order valence-electron chi connectivity index (χ1n) is 11.0. The van der Waals surface area contributed by atoms with E-state index in [-0.39, 0.29) is 23.8 Å². The average molecular weight is 436 g/mol. The maximum atomic E-state index is 12.8. The number of benzene rings is 2. The lowest BCUT2D eigenvalue weighted by Crippen LogP contribution is -2.44. The summed E-state index contributed by atoms with van der Waals surface area (Å²) in [6, 6.07) is 12.7. The summed E-state index contributed by atoms with van der Waals surface area (Å²) in [5.41, 5.74) is 2.74. The van der Waals surface area contributed by atoms with Gasteiger partial charge in [-0.15, -0.1) is 0 Å². The van der Waals surface area contributed by atoms with Gasteiger partial charge in [-0.05, 0) is 67.3 Å². The number of ether oxygens (including phenoxy) is 2. The van der Waals surface area contributed by atoms with Crippen LogP contribution >= 0.6 is 0 Å². The van der Waals surface area contributed by atoms with Gasteiger partial charge >= 0.3 is 0 Å². The zero-order chi connectivity index (χ0) is 22.5. The molecular weight excluding hydrogens is 406 g/mol. The maximum Gasteiger partial charge on any atom is 0.251 e. The van der Waals surface area contributed by atoms with Gasteiger partial charge in [0.2, 0.25) is 5.91 Å². The van der Waals surface area contributed by atoms with Crippen molar-refractivity contribution < 1.29 is 19.1 Å². The van der Waals surface area contributed by atoms with Gasteiger partial charge in [-0.25, -0.2) is 0 Å². The van der Waals surface area contributed by atoms with Crippen molar-refractivity contribution >= 4 is 22.7 Å². The number of hydrogen-bond acceptors (Lipinski definition) is 4. The predicted molar refractivity (Wildman–Crippen MR) is 123 cm³/mol. The Bertz CT molecular complexity index is 1090. The summed E-state index contributed by atoms with van der Waals surface area (Å²) in [6.07, 6.45) is 5.21. The highest BCUT2D eigenvalue weighted by atomic mass is 16.5. The predicted octanol–water partition coefficient (Wildman–Crippen LogP) is 3.44. The van der Waals surface area contributed by atoms with Crippen molar-refractivity contribution in [2.24, 2.45) is 5.92 Å². The standard InChI is InChI=1S/C25H29N3O4/c1-31-18-8-6-16(7-9-18)24(29)28-23-5-3-4-20(23)25(30)26-13-12-17-15-27-22-11-10-19(32-2)14-21(17)22/h6-11,14-15,20,23,27H,3-5,12-13H2,1-2H3,(H,26,30)(H,28,29)/t20-,23+/m0/s1. The van der Waals surface area contributed by atoms with Gasteiger partial charge in [0.05, 0.1) is 20.1 Å². The van der Waals surface area contributed by atoms with Crippen molar-refractivity contribution in [1.82, 2.24) is 15.6 Å². The van der Waals surface area contributed by atoms with E-state index in [2.05, 4.69) is 15.6 Å². The van der Waals surface area contributed by atoms with Crippen LogP contribution < -0.4 is 20.1 Å². The van der Waals surface area contributed by atoms with Crippen LogP contribution in [0.1, 0.15) is 35.2 Å². The molecule has 4 rings (SSSR count). The van der Waals surface area contributed by atoms with E-state index in [1.165, 1.54) is 0 Å². The molecule has 2 atom stereocenters. The monoisotopic (exact) mass is 435 g/mol. The van der Waals surface area contributed by atoms with Gasteiger partial charge < -0.3 is 25.1 Å². The summed E-state index contributed by atoms with van der Waals surface area (Å²) in [6.45, 7) is 0.540. The molecule has 3 aromatic rings. The number of hydrogen-bond donors (Lipinski definition) is 3. The van der Waals surface area contributed by atoms with Gasteiger partial charge in [-0.1, -0.05) is 6.42 Å². The molecule has 1 aliphatic rings. The third-order valence-corrected chi connectivity index (χ3v) is 6.19. The highest BCUT2D eigenvalue weighted by Crippen LogP contribution is 2.27. The van der Waals surface area contributed by atoms with Crippen LogP contribution in [0, 0.1) is 5.92 Å². The fourth-order valence-electron chi connectivity index (χ4n) is 4.38. The lowest BCUT2D eigenvalue weighted by atomic mass is 10.0. The van der Waals surface area contributed by atoms with Crippen molar-refractivity contribution in [1.29, 1.82) is 0 Å². The molecule has 7 heteroatoms. The van der Waals surface area contributed by atoms with Gasteiger partial charge in [0.15, 0.2) is 0 Å². The molecule has 0 radical (unpaired) electrons. The Morgan fingerprint density at radius 1 is 1.03 bits per heavy atom. The van der Waals surface area contributed by atoms with Crippen LogP contribution in [-0.4, -0.2) is 43.6 Å². The fourth-order valence-corrected chi connectivity index (χ4v) is 4.38. The van der Waals surface area contributed by atoms with Crippen LogP contribution in [0.25, 0.3) is 10.9 Å². The van der Waals surface area contributed by atoms with Crippen molar-refractivity contribution in [2.45, 2.75) is 31.7 Å². The second-order valence-electron chi connectivity index (χ2n) is 8.11. The molecule has 2 aromatic carbocycles. The van der Waals surface area contributed by atoms with Crippen molar-refractivity contribution in [3.63, 3.8) is 0 Å². The highest BCUT2D eigenvalue weighted by molar-refractivity contribution is 5.95. The summed E-state index contributed by atoms with van der Waals surface area (Å²) < 4.78 is 10.5. The summed E-state index contributed by atoms with van der Waals surface area (Å²) >= 11 is 0. The van der Waals surface area contributed by atoms with Crippen molar-refractivity contribution in [2.75, 3.05) is 20.8 Å². The number of aromatic nitrogens is 1. The second kappa shape index (κ2) is 9.77. The van der Waals surface area contributed by atoms with Gasteiger partial charge in [-0.2, -0.15) is 0 Å². The number of nitrogens with one attached hydrogen (secondary N) is 3. The summed E-state index contributed by atoms with van der Waals surface area (Å²) in [4.78, 5) is 28.7. The number of amides is 2. The van der Waals surface area contributed by atoms with Gasteiger partial charge in [0, 0.05) is 35.2 Å². The SMILES string of the molecule is COc1ccc(C(=O)N[C@@H]2CCC[C@@H]2C(=O)NCCc2c[nH]c3ccc(OC)cc23)cc1. The molecule has 168 valence electrons. The van der Waals surface area contributed by atoms with Crippen molar-refractivity contribution in [3.05, 3.63) is 59.8 Å². The van der Waals surface area contributed by atoms with Crippen LogP contribution in [0.15, 0.2) is 48.7 Å². The van der Waals surface area contributed by atoms with Crippen LogP contribution in [-0.2, 0) is 11.2 Å². The molecule has 0 aliphatic heterocycles. The third-order valence-electron chi connectivity index (χ3n) is 6.19. The average Bonchev–Trinajstić information content (AvgIpc) is 3.45. The minimum atomic E-state index is -0.208. The quantitative estimate of drug-likeness (QED) is 0.505. The maximum absolute atomic E-state index is 12.8. The number of carbonyl (C=O) groups excluding carboxylic acids is 2. The Hall–Kier alpha value is -3.48. The topological polar surface area (TPSA) is 92.5 Å². The van der Waals surface area contributed by atoms with Gasteiger partial charge in [0.1, 0.15) is 11.5 Å². The molecular formula is C25H29N3O4. The zero-order valence-corrected chi connectivity index (χ0v) is 18.4. The van der Waals surface area contributed by atoms with E-state index in [0.29, 0.717) is 24.3 Å². The molecule has 0 unspecified atom stereocenters. The van der Waals surface area contributed by atoms with Gasteiger partial charge in [-0.3, -0.25) is 9.59 Å². The molecule has 0 bridgehead atoms. The van der Waals surface area contributed by atoms with Crippen LogP contribution in [0.5, 0.6) is 11.5 Å². The molecule has 1 aromatic heterocycles. The molecule has 1 saturated carbocycles. The number of aromatic amines is 1. The minimum Gasteiger partial charge on any atom is -0.497 e. The van der Waals surface area contributed by atoms with E-state index in [0.717, 1.165) is 41.5 Å². The van der Waals surface area contributed by atoms with E-state index in [1.807, 2.05) is 24.4 Å². The molecule has 7 nitrogen and oxygen atoms in total. The van der Waals surface area contributed by atoms with Crippen molar-refractivity contribution in [3.8, 4) is 11.5 Å². The summed E-state index contributed by atoms with van der Waals surface area (Å²) in [7, 11) is 3.24. The lowest BCUT2D eigenvalue weighted by Gasteiger charge is -2.20. The first-order valence-corrected chi connectivity index (χ1v) is 11.0. The van der Waals surface area contributed by atoms with Crippen LogP contribution in [0.2, 0.25) is 0 Å². The molecule has 1 heterocycles. The Kier molecular flexibility index (Phi) is 6.63. The molecule has 3 N–H and O–H groups in total. The molecule has 1 fully saturated rings. The van der Waals surface area contributed by atoms with E-state index >= 15 is 0 Å². The lowest BCUT2D eigenvalue weighted by molar-refractivity contribution is -0.125. The fraction of sp³-hybridized carbons (Fsp3) is 0.360. The smallest absolute Gasteiger partial charge is 0.251 e. The second-order valence-corrected chi connectivity index (χ2v) is 8.11. The number of carbonyl (C=O) groups is 2. The molecule has 1 aliphatic carbocycles. The number of fused-ring (bicyclic) bond motifs is 1. The first-order chi connectivity index (χ1) is 15.6. The molecule has 2 amide bonds. The zero-order valence-electron chi connectivity index (χ0n) is 18.4. The largest absolute Gasteiger partial charge is 0.497 e. The highest BCUT2D eigenvalue weighted by Gasteiger charge is 2.34. The number of methoxy groups -OCH3 is 2. The number of rotatable bonds is 8. The van der Waals surface area contributed by atoms with E-state index < -0.39 is 0 Å².